The number of nitrogens with zero attached hydrogens (tertiary/aromatic N) is 1. The molecule has 3 aromatic rings. The maximum Gasteiger partial charge on any atom is 0.416 e. The summed E-state index contributed by atoms with van der Waals surface area (Å²) in [5.74, 6) is -0.872. The monoisotopic (exact) mass is 610 g/mol. The van der Waals surface area contributed by atoms with Crippen molar-refractivity contribution < 1.29 is 34.8 Å². The summed E-state index contributed by atoms with van der Waals surface area (Å²) in [6, 6.07) is 11.4. The molecule has 1 amide bonds. The first kappa shape index (κ1) is 30.5. The average Bonchev–Trinajstić information content (AvgIpc) is 2.91. The average molecular weight is 611 g/mol. The first-order chi connectivity index (χ1) is 19.0. The summed E-state index contributed by atoms with van der Waals surface area (Å²) < 4.78 is 90.0. The molecule has 1 aliphatic rings. The standard InChI is InChI=1S/C28H29F3N2O6S2/c1-27(2,41(38,39)20-8-6-7-19(17-20)28(29,30)31)18-12-15-33(16-13-18)26(35)23-10-5-4-9-21(23)22-11-14-32-25(34)24(22)40(3,36)37/h4-11,14,17-18H,12-13,15-16H2,1-3H3,(H,32,34). The number of carbonyl (C=O) groups excluding carboxylic acids is 1. The predicted molar refractivity (Wildman–Crippen MR) is 147 cm³/mol. The highest BCUT2D eigenvalue weighted by Crippen LogP contribution is 2.40. The fourth-order valence-corrected chi connectivity index (χ4v) is 8.05. The van der Waals surface area contributed by atoms with Crippen LogP contribution in [0, 0.1) is 5.92 Å². The highest BCUT2D eigenvalue weighted by Gasteiger charge is 2.45. The number of likely N-dealkylation sites (tertiary alicyclic amines) is 1. The van der Waals surface area contributed by atoms with E-state index >= 15 is 0 Å². The molecule has 8 nitrogen and oxygen atoms in total. The molecule has 2 heterocycles. The van der Waals surface area contributed by atoms with Crippen LogP contribution in [0.5, 0.6) is 0 Å². The van der Waals surface area contributed by atoms with E-state index in [0.29, 0.717) is 6.07 Å². The normalized spacial score (nSPS) is 15.6. The highest BCUT2D eigenvalue weighted by molar-refractivity contribution is 7.92. The van der Waals surface area contributed by atoms with Crippen molar-refractivity contribution >= 4 is 25.6 Å². The molecule has 2 aromatic carbocycles. The van der Waals surface area contributed by atoms with Gasteiger partial charge in [-0.3, -0.25) is 9.59 Å². The van der Waals surface area contributed by atoms with Crippen molar-refractivity contribution in [1.82, 2.24) is 9.88 Å². The summed E-state index contributed by atoms with van der Waals surface area (Å²) in [6.45, 7) is 3.32. The van der Waals surface area contributed by atoms with Gasteiger partial charge in [0.25, 0.3) is 11.5 Å². The van der Waals surface area contributed by atoms with Crippen LogP contribution in [0.1, 0.15) is 42.6 Å². The molecule has 0 bridgehead atoms. The number of H-pyrrole nitrogens is 1. The number of rotatable bonds is 6. The van der Waals surface area contributed by atoms with E-state index in [9.17, 15) is 39.6 Å². The van der Waals surface area contributed by atoms with Crippen LogP contribution >= 0.6 is 0 Å². The second-order valence-electron chi connectivity index (χ2n) is 10.6. The topological polar surface area (TPSA) is 121 Å². The van der Waals surface area contributed by atoms with Crippen molar-refractivity contribution in [1.29, 1.82) is 0 Å². The number of sulfone groups is 2. The molecule has 0 aliphatic carbocycles. The lowest BCUT2D eigenvalue weighted by Crippen LogP contribution is -2.47. The minimum Gasteiger partial charge on any atom is -0.339 e. The van der Waals surface area contributed by atoms with Crippen LogP contribution < -0.4 is 5.56 Å². The van der Waals surface area contributed by atoms with Gasteiger partial charge in [0.1, 0.15) is 4.90 Å². The van der Waals surface area contributed by atoms with Gasteiger partial charge in [-0.25, -0.2) is 16.8 Å². The van der Waals surface area contributed by atoms with E-state index in [1.165, 1.54) is 37.1 Å². The quantitative estimate of drug-likeness (QED) is 0.437. The van der Waals surface area contributed by atoms with Gasteiger partial charge in [0, 0.05) is 36.7 Å². The fourth-order valence-electron chi connectivity index (χ4n) is 5.26. The van der Waals surface area contributed by atoms with Crippen LogP contribution in [0.25, 0.3) is 11.1 Å². The molecule has 0 saturated carbocycles. The third kappa shape index (κ3) is 5.82. The molecule has 1 saturated heterocycles. The van der Waals surface area contributed by atoms with Gasteiger partial charge < -0.3 is 9.88 Å². The third-order valence-corrected chi connectivity index (χ3v) is 11.4. The molecule has 1 N–H and O–H groups in total. The van der Waals surface area contributed by atoms with E-state index in [1.54, 1.807) is 18.2 Å². The summed E-state index contributed by atoms with van der Waals surface area (Å²) in [4.78, 5) is 29.0. The summed E-state index contributed by atoms with van der Waals surface area (Å²) in [5, 5.41) is 0. The summed E-state index contributed by atoms with van der Waals surface area (Å²) >= 11 is 0. The fraction of sp³-hybridized carbons (Fsp3) is 0.357. The van der Waals surface area contributed by atoms with Gasteiger partial charge in [-0.1, -0.05) is 24.3 Å². The van der Waals surface area contributed by atoms with Gasteiger partial charge in [-0.05, 0) is 68.5 Å². The van der Waals surface area contributed by atoms with Crippen LogP contribution in [0.15, 0.2) is 75.4 Å². The molecule has 220 valence electrons. The number of alkyl halides is 3. The minimum atomic E-state index is -4.69. The Morgan fingerprint density at radius 3 is 2.17 bits per heavy atom. The molecule has 1 aliphatic heterocycles. The first-order valence-electron chi connectivity index (χ1n) is 12.7. The van der Waals surface area contributed by atoms with Crippen molar-refractivity contribution in [2.45, 2.75) is 47.4 Å². The summed E-state index contributed by atoms with van der Waals surface area (Å²) in [6.07, 6.45) is -1.93. The second-order valence-corrected chi connectivity index (χ2v) is 15.0. The smallest absolute Gasteiger partial charge is 0.339 e. The van der Waals surface area contributed by atoms with E-state index in [2.05, 4.69) is 4.98 Å². The lowest BCUT2D eigenvalue weighted by atomic mass is 9.85. The second kappa shape index (κ2) is 10.8. The van der Waals surface area contributed by atoms with Gasteiger partial charge in [0.05, 0.1) is 15.2 Å². The number of hydrogen-bond acceptors (Lipinski definition) is 6. The molecular weight excluding hydrogens is 581 g/mol. The Balaban J connectivity index is 1.59. The van der Waals surface area contributed by atoms with Crippen LogP contribution in [0.3, 0.4) is 0 Å². The Hall–Kier alpha value is -3.45. The highest BCUT2D eigenvalue weighted by atomic mass is 32.2. The number of hydrogen-bond donors (Lipinski definition) is 1. The van der Waals surface area contributed by atoms with Crippen molar-refractivity contribution in [3.8, 4) is 11.1 Å². The number of amides is 1. The first-order valence-corrected chi connectivity index (χ1v) is 16.1. The SMILES string of the molecule is CC(C)(C1CCN(C(=O)c2ccccc2-c2cc[nH]c(=O)c2S(C)(=O)=O)CC1)S(=O)(=O)c1cccc(C(F)(F)F)c1. The number of halogens is 3. The number of carbonyl (C=O) groups is 1. The van der Waals surface area contributed by atoms with Gasteiger partial charge in [0.15, 0.2) is 19.7 Å². The van der Waals surface area contributed by atoms with E-state index in [1.807, 2.05) is 0 Å². The molecule has 0 atom stereocenters. The zero-order chi connectivity index (χ0) is 30.4. The maximum atomic E-state index is 13.6. The van der Waals surface area contributed by atoms with Crippen LogP contribution in [0.2, 0.25) is 0 Å². The Morgan fingerprint density at radius 1 is 0.927 bits per heavy atom. The van der Waals surface area contributed by atoms with E-state index in [0.717, 1.165) is 24.5 Å². The minimum absolute atomic E-state index is 0.0865. The predicted octanol–water partition coefficient (Wildman–Crippen LogP) is 4.57. The number of piperidine rings is 1. The lowest BCUT2D eigenvalue weighted by Gasteiger charge is -2.40. The van der Waals surface area contributed by atoms with Gasteiger partial charge in [0.2, 0.25) is 0 Å². The zero-order valence-electron chi connectivity index (χ0n) is 22.5. The lowest BCUT2D eigenvalue weighted by molar-refractivity contribution is -0.137. The number of aromatic nitrogens is 1. The molecule has 0 radical (unpaired) electrons. The van der Waals surface area contributed by atoms with Crippen molar-refractivity contribution in [3.05, 3.63) is 82.3 Å². The number of benzene rings is 2. The van der Waals surface area contributed by atoms with Gasteiger partial charge in [-0.2, -0.15) is 13.2 Å². The van der Waals surface area contributed by atoms with E-state index in [4.69, 9.17) is 0 Å². The third-order valence-electron chi connectivity index (χ3n) is 7.66. The largest absolute Gasteiger partial charge is 0.416 e. The Labute approximate surface area is 236 Å². The van der Waals surface area contributed by atoms with Gasteiger partial charge >= 0.3 is 6.18 Å². The van der Waals surface area contributed by atoms with Crippen LogP contribution in [-0.4, -0.2) is 56.7 Å². The molecule has 4 rings (SSSR count). The van der Waals surface area contributed by atoms with Crippen LogP contribution in [-0.2, 0) is 25.9 Å². The Morgan fingerprint density at radius 2 is 1.56 bits per heavy atom. The van der Waals surface area contributed by atoms with Crippen LogP contribution in [0.4, 0.5) is 13.2 Å². The van der Waals surface area contributed by atoms with E-state index < -0.39 is 63.3 Å². The Kier molecular flexibility index (Phi) is 8.00. The number of pyridine rings is 1. The summed E-state index contributed by atoms with van der Waals surface area (Å²) in [5.41, 5.74) is -1.33. The number of nitrogens with one attached hydrogen (secondary N) is 1. The summed E-state index contributed by atoms with van der Waals surface area (Å²) in [7, 11) is -8.11. The molecule has 1 aromatic heterocycles. The zero-order valence-corrected chi connectivity index (χ0v) is 24.2. The number of aromatic amines is 1. The maximum absolute atomic E-state index is 13.6. The molecule has 41 heavy (non-hydrogen) atoms. The molecule has 1 fully saturated rings. The molecule has 0 spiro atoms. The Bertz CT molecular complexity index is 1760. The van der Waals surface area contributed by atoms with Crippen molar-refractivity contribution in [2.24, 2.45) is 5.92 Å². The molecular formula is C28H29F3N2O6S2. The molecule has 13 heteroatoms. The van der Waals surface area contributed by atoms with Gasteiger partial charge in [-0.15, -0.1) is 0 Å². The molecule has 0 unspecified atom stereocenters. The van der Waals surface area contributed by atoms with E-state index in [-0.39, 0.29) is 42.6 Å². The van der Waals surface area contributed by atoms with Crippen molar-refractivity contribution in [3.63, 3.8) is 0 Å². The van der Waals surface area contributed by atoms with Crippen molar-refractivity contribution in [2.75, 3.05) is 19.3 Å².